The summed E-state index contributed by atoms with van der Waals surface area (Å²) in [5.41, 5.74) is 2.25. The number of aromatic nitrogens is 1. The molecule has 3 aliphatic rings. The van der Waals surface area contributed by atoms with Crippen molar-refractivity contribution in [3.8, 4) is 0 Å². The molecule has 34 heavy (non-hydrogen) atoms. The Bertz CT molecular complexity index is 1160. The lowest BCUT2D eigenvalue weighted by molar-refractivity contribution is -0.147. The van der Waals surface area contributed by atoms with Crippen LogP contribution in [0.3, 0.4) is 0 Å². The maximum absolute atomic E-state index is 13.2. The first-order valence-corrected chi connectivity index (χ1v) is 14.2. The predicted octanol–water partition coefficient (Wildman–Crippen LogP) is 3.78. The standard InChI is InChI=1S/C26H37N3O4S/c1-17(2)25-16-33-13-12-29(25)26(30)19-6-9-21(10-7-19)27-34(31,32)22-11-8-20-14-23(18-4-5-18)28(3)24(20)15-22/h8,11,14-15,17-19,21,25,27H,4-7,9-10,12-13,16H2,1-3H3/t19?,21?,25-/m1/s1. The van der Waals surface area contributed by atoms with E-state index in [0.717, 1.165) is 23.7 Å². The summed E-state index contributed by atoms with van der Waals surface area (Å²) in [7, 11) is -1.59. The normalized spacial score (nSPS) is 26.4. The number of nitrogens with one attached hydrogen (secondary N) is 1. The molecule has 2 aromatic rings. The van der Waals surface area contributed by atoms with Gasteiger partial charge in [0, 0.05) is 36.8 Å². The monoisotopic (exact) mass is 487 g/mol. The smallest absolute Gasteiger partial charge is 0.240 e. The van der Waals surface area contributed by atoms with Gasteiger partial charge >= 0.3 is 0 Å². The highest BCUT2D eigenvalue weighted by atomic mass is 32.2. The molecule has 7 nitrogen and oxygen atoms in total. The van der Waals surface area contributed by atoms with Crippen LogP contribution in [0.2, 0.25) is 0 Å². The minimum absolute atomic E-state index is 0.0272. The summed E-state index contributed by atoms with van der Waals surface area (Å²) >= 11 is 0. The van der Waals surface area contributed by atoms with Gasteiger partial charge in [-0.1, -0.05) is 19.9 Å². The van der Waals surface area contributed by atoms with E-state index >= 15 is 0 Å². The van der Waals surface area contributed by atoms with Gasteiger partial charge in [-0.15, -0.1) is 0 Å². The van der Waals surface area contributed by atoms with Crippen LogP contribution in [0.4, 0.5) is 0 Å². The van der Waals surface area contributed by atoms with Crippen molar-refractivity contribution in [3.05, 3.63) is 30.0 Å². The minimum atomic E-state index is -3.62. The first kappa shape index (κ1) is 23.8. The van der Waals surface area contributed by atoms with Gasteiger partial charge in [0.15, 0.2) is 0 Å². The number of carbonyl (C=O) groups is 1. The number of morpholine rings is 1. The van der Waals surface area contributed by atoms with Crippen molar-refractivity contribution in [3.63, 3.8) is 0 Å². The molecule has 1 saturated heterocycles. The van der Waals surface area contributed by atoms with Gasteiger partial charge in [-0.2, -0.15) is 0 Å². The van der Waals surface area contributed by atoms with E-state index in [4.69, 9.17) is 4.74 Å². The average Bonchev–Trinajstić information content (AvgIpc) is 3.62. The Morgan fingerprint density at radius 3 is 2.50 bits per heavy atom. The number of amides is 1. The fraction of sp³-hybridized carbons (Fsp3) is 0.654. The molecule has 0 bridgehead atoms. The van der Waals surface area contributed by atoms with Gasteiger partial charge in [0.05, 0.1) is 24.2 Å². The summed E-state index contributed by atoms with van der Waals surface area (Å²) in [4.78, 5) is 15.5. The molecular weight excluding hydrogens is 450 g/mol. The Morgan fingerprint density at radius 2 is 1.82 bits per heavy atom. The molecular formula is C26H37N3O4S. The SMILES string of the molecule is CC(C)[C@H]1COCCN1C(=O)C1CCC(NS(=O)(=O)c2ccc3cc(C4CC4)n(C)c3c2)CC1. The molecule has 8 heteroatoms. The number of hydrogen-bond acceptors (Lipinski definition) is 4. The molecule has 2 aliphatic carbocycles. The highest BCUT2D eigenvalue weighted by Gasteiger charge is 2.36. The van der Waals surface area contributed by atoms with E-state index in [9.17, 15) is 13.2 Å². The van der Waals surface area contributed by atoms with Crippen LogP contribution in [0.25, 0.3) is 10.9 Å². The van der Waals surface area contributed by atoms with Gasteiger partial charge in [0.1, 0.15) is 0 Å². The third-order valence-electron chi connectivity index (χ3n) is 7.98. The number of ether oxygens (including phenoxy) is 1. The van der Waals surface area contributed by atoms with Crippen molar-refractivity contribution in [2.24, 2.45) is 18.9 Å². The molecule has 0 spiro atoms. The third kappa shape index (κ3) is 4.64. The van der Waals surface area contributed by atoms with Gasteiger partial charge in [0.25, 0.3) is 0 Å². The van der Waals surface area contributed by atoms with Gasteiger partial charge in [-0.05, 0) is 73.9 Å². The summed E-state index contributed by atoms with van der Waals surface area (Å²) in [6, 6.07) is 7.60. The summed E-state index contributed by atoms with van der Waals surface area (Å²) in [6.07, 6.45) is 5.23. The van der Waals surface area contributed by atoms with Crippen LogP contribution < -0.4 is 4.72 Å². The molecule has 2 heterocycles. The quantitative estimate of drug-likeness (QED) is 0.673. The van der Waals surface area contributed by atoms with E-state index in [1.807, 2.05) is 18.0 Å². The molecule has 2 saturated carbocycles. The van der Waals surface area contributed by atoms with Crippen molar-refractivity contribution >= 4 is 26.8 Å². The van der Waals surface area contributed by atoms with Crippen LogP contribution in [0.15, 0.2) is 29.2 Å². The van der Waals surface area contributed by atoms with Gasteiger partial charge in [0.2, 0.25) is 15.9 Å². The molecule has 1 aromatic heterocycles. The van der Waals surface area contributed by atoms with Crippen LogP contribution in [0.1, 0.15) is 64.0 Å². The predicted molar refractivity (Wildman–Crippen MR) is 132 cm³/mol. The highest BCUT2D eigenvalue weighted by Crippen LogP contribution is 2.42. The fourth-order valence-electron chi connectivity index (χ4n) is 5.70. The van der Waals surface area contributed by atoms with Gasteiger partial charge in [-0.3, -0.25) is 4.79 Å². The zero-order valence-electron chi connectivity index (χ0n) is 20.5. The molecule has 1 aromatic carbocycles. The van der Waals surface area contributed by atoms with Crippen molar-refractivity contribution in [1.82, 2.24) is 14.2 Å². The first-order chi connectivity index (χ1) is 16.2. The van der Waals surface area contributed by atoms with E-state index in [1.54, 1.807) is 12.1 Å². The maximum atomic E-state index is 13.2. The zero-order chi connectivity index (χ0) is 24.0. The van der Waals surface area contributed by atoms with Crippen LogP contribution in [-0.2, 0) is 26.6 Å². The van der Waals surface area contributed by atoms with Crippen molar-refractivity contribution in [2.75, 3.05) is 19.8 Å². The van der Waals surface area contributed by atoms with E-state index in [1.165, 1.54) is 18.5 Å². The van der Waals surface area contributed by atoms with Gasteiger partial charge in [-0.25, -0.2) is 13.1 Å². The number of aryl methyl sites for hydroxylation is 1. The maximum Gasteiger partial charge on any atom is 0.240 e. The molecule has 3 fully saturated rings. The van der Waals surface area contributed by atoms with Crippen molar-refractivity contribution in [1.29, 1.82) is 0 Å². The van der Waals surface area contributed by atoms with E-state index in [2.05, 4.69) is 29.2 Å². The zero-order valence-corrected chi connectivity index (χ0v) is 21.3. The number of hydrogen-bond donors (Lipinski definition) is 1. The second-order valence-electron chi connectivity index (χ2n) is 10.7. The third-order valence-corrected chi connectivity index (χ3v) is 9.49. The number of benzene rings is 1. The number of carbonyl (C=O) groups excluding carboxylic acids is 1. The lowest BCUT2D eigenvalue weighted by Gasteiger charge is -2.41. The Morgan fingerprint density at radius 1 is 1.09 bits per heavy atom. The second-order valence-corrected chi connectivity index (χ2v) is 12.4. The molecule has 1 amide bonds. The molecule has 5 rings (SSSR count). The Labute approximate surface area is 202 Å². The molecule has 1 aliphatic heterocycles. The number of fused-ring (bicyclic) bond motifs is 1. The van der Waals surface area contributed by atoms with Gasteiger partial charge < -0.3 is 14.2 Å². The lowest BCUT2D eigenvalue weighted by atomic mass is 9.85. The summed E-state index contributed by atoms with van der Waals surface area (Å²) in [5, 5.41) is 1.09. The van der Waals surface area contributed by atoms with Crippen LogP contribution in [0, 0.1) is 11.8 Å². The summed E-state index contributed by atoms with van der Waals surface area (Å²) in [5.74, 6) is 1.15. The molecule has 0 unspecified atom stereocenters. The number of sulfonamides is 1. The Balaban J connectivity index is 1.23. The number of nitrogens with zero attached hydrogens (tertiary/aromatic N) is 2. The first-order valence-electron chi connectivity index (χ1n) is 12.7. The lowest BCUT2D eigenvalue weighted by Crippen LogP contribution is -2.53. The molecule has 0 radical (unpaired) electrons. The topological polar surface area (TPSA) is 80.6 Å². The second kappa shape index (κ2) is 9.28. The Kier molecular flexibility index (Phi) is 6.50. The highest BCUT2D eigenvalue weighted by molar-refractivity contribution is 7.89. The van der Waals surface area contributed by atoms with Crippen LogP contribution in [-0.4, -0.2) is 55.6 Å². The largest absolute Gasteiger partial charge is 0.377 e. The fourth-order valence-corrected chi connectivity index (χ4v) is 7.02. The summed E-state index contributed by atoms with van der Waals surface area (Å²) in [6.45, 7) is 6.11. The van der Waals surface area contributed by atoms with Crippen molar-refractivity contribution in [2.45, 2.75) is 75.3 Å². The van der Waals surface area contributed by atoms with Crippen LogP contribution in [0.5, 0.6) is 0 Å². The van der Waals surface area contributed by atoms with E-state index in [0.29, 0.717) is 49.3 Å². The molecule has 186 valence electrons. The molecule has 1 N–H and O–H groups in total. The number of rotatable bonds is 6. The minimum Gasteiger partial charge on any atom is -0.377 e. The van der Waals surface area contributed by atoms with E-state index in [-0.39, 0.29) is 23.9 Å². The van der Waals surface area contributed by atoms with Crippen LogP contribution >= 0.6 is 0 Å². The van der Waals surface area contributed by atoms with Crippen molar-refractivity contribution < 1.29 is 17.9 Å². The molecule has 1 atom stereocenters. The Hall–Kier alpha value is -1.90. The summed E-state index contributed by atoms with van der Waals surface area (Å²) < 4.78 is 37.0. The van der Waals surface area contributed by atoms with E-state index < -0.39 is 10.0 Å². The average molecular weight is 488 g/mol.